The molecule has 0 aliphatic carbocycles. The lowest BCUT2D eigenvalue weighted by atomic mass is 10.0. The smallest absolute Gasteiger partial charge is 0.170 e. The van der Waals surface area contributed by atoms with Crippen molar-refractivity contribution in [2.24, 2.45) is 0 Å². The van der Waals surface area contributed by atoms with Crippen molar-refractivity contribution in [3.63, 3.8) is 0 Å². The van der Waals surface area contributed by atoms with Gasteiger partial charge in [0.15, 0.2) is 5.78 Å². The lowest BCUT2D eigenvalue weighted by Crippen LogP contribution is -2.00. The third-order valence-electron chi connectivity index (χ3n) is 5.37. The van der Waals surface area contributed by atoms with Crippen LogP contribution in [0.5, 0.6) is 17.2 Å². The third-order valence-corrected chi connectivity index (χ3v) is 5.37. The first-order valence-corrected chi connectivity index (χ1v) is 11.3. The lowest BCUT2D eigenvalue weighted by molar-refractivity contribution is 0.0973. The van der Waals surface area contributed by atoms with E-state index in [1.807, 2.05) is 0 Å². The molecule has 0 unspecified atom stereocenters. The number of phenols is 3. The highest BCUT2D eigenvalue weighted by molar-refractivity contribution is 6.01. The Hall–Kier alpha value is -1.71. The number of hydrogen-bond acceptors (Lipinski definition) is 4. The molecule has 0 atom stereocenters. The summed E-state index contributed by atoms with van der Waals surface area (Å²) in [6.45, 7) is 2.26. The van der Waals surface area contributed by atoms with Gasteiger partial charge in [-0.15, -0.1) is 0 Å². The van der Waals surface area contributed by atoms with E-state index in [2.05, 4.69) is 6.92 Å². The van der Waals surface area contributed by atoms with Crippen LogP contribution in [0.15, 0.2) is 12.1 Å². The molecule has 3 N–H and O–H groups in total. The second-order valence-corrected chi connectivity index (χ2v) is 7.98. The van der Waals surface area contributed by atoms with Crippen molar-refractivity contribution in [3.05, 3.63) is 17.7 Å². The zero-order valence-electron chi connectivity index (χ0n) is 17.7. The van der Waals surface area contributed by atoms with Crippen LogP contribution in [0.4, 0.5) is 0 Å². The van der Waals surface area contributed by atoms with E-state index >= 15 is 0 Å². The highest BCUT2D eigenvalue weighted by Gasteiger charge is 2.17. The molecule has 0 heterocycles. The number of aromatic hydroxyl groups is 3. The minimum Gasteiger partial charge on any atom is -0.508 e. The molecule has 160 valence electrons. The minimum atomic E-state index is -0.358. The molecule has 4 nitrogen and oxygen atoms in total. The van der Waals surface area contributed by atoms with Crippen molar-refractivity contribution < 1.29 is 20.1 Å². The van der Waals surface area contributed by atoms with Gasteiger partial charge in [0.05, 0.1) is 0 Å². The summed E-state index contributed by atoms with van der Waals surface area (Å²) in [5.74, 6) is -1.24. The Morgan fingerprint density at radius 1 is 0.643 bits per heavy atom. The second-order valence-electron chi connectivity index (χ2n) is 7.98. The van der Waals surface area contributed by atoms with Gasteiger partial charge in [-0.05, 0) is 6.42 Å². The minimum absolute atomic E-state index is 0.0804. The zero-order chi connectivity index (χ0) is 20.6. The lowest BCUT2D eigenvalue weighted by Gasteiger charge is -2.07. The molecule has 0 bridgehead atoms. The molecule has 0 aromatic heterocycles. The Bertz CT molecular complexity index is 531. The molecule has 0 fully saturated rings. The van der Waals surface area contributed by atoms with Crippen LogP contribution in [0, 0.1) is 0 Å². The highest BCUT2D eigenvalue weighted by atomic mass is 16.3. The van der Waals surface area contributed by atoms with Crippen LogP contribution in [-0.2, 0) is 0 Å². The molecule has 0 aliphatic rings. The third kappa shape index (κ3) is 10.6. The SMILES string of the molecule is CCCCCCCCCCCCCCCCCC(=O)c1c(O)cc(O)cc1O. The van der Waals surface area contributed by atoms with Gasteiger partial charge in [-0.2, -0.15) is 0 Å². The van der Waals surface area contributed by atoms with E-state index in [-0.39, 0.29) is 28.6 Å². The number of benzene rings is 1. The summed E-state index contributed by atoms with van der Waals surface area (Å²) < 4.78 is 0. The van der Waals surface area contributed by atoms with Crippen LogP contribution >= 0.6 is 0 Å². The second kappa shape index (κ2) is 15.2. The molecule has 0 saturated heterocycles. The molecule has 1 aromatic rings. The van der Waals surface area contributed by atoms with Crippen molar-refractivity contribution in [1.29, 1.82) is 0 Å². The van der Waals surface area contributed by atoms with Gasteiger partial charge in [0, 0.05) is 18.6 Å². The molecule has 0 radical (unpaired) electrons. The molecule has 28 heavy (non-hydrogen) atoms. The van der Waals surface area contributed by atoms with Gasteiger partial charge < -0.3 is 15.3 Å². The number of hydrogen-bond donors (Lipinski definition) is 3. The number of unbranched alkanes of at least 4 members (excludes halogenated alkanes) is 14. The number of carbonyl (C=O) groups is 1. The molecule has 0 saturated carbocycles. The molecular weight excluding hydrogens is 352 g/mol. The maximum Gasteiger partial charge on any atom is 0.170 e. The first-order valence-electron chi connectivity index (χ1n) is 11.3. The van der Waals surface area contributed by atoms with Gasteiger partial charge in [-0.3, -0.25) is 4.79 Å². The number of carbonyl (C=O) groups excluding carboxylic acids is 1. The number of rotatable bonds is 17. The van der Waals surface area contributed by atoms with Crippen LogP contribution in [0.2, 0.25) is 0 Å². The maximum atomic E-state index is 12.1. The normalized spacial score (nSPS) is 11.0. The van der Waals surface area contributed by atoms with Crippen LogP contribution in [0.25, 0.3) is 0 Å². The molecule has 0 spiro atoms. The Kier molecular flexibility index (Phi) is 13.2. The number of ketones is 1. The maximum absolute atomic E-state index is 12.1. The van der Waals surface area contributed by atoms with Crippen LogP contribution in [-0.4, -0.2) is 21.1 Å². The Morgan fingerprint density at radius 2 is 1.00 bits per heavy atom. The summed E-state index contributed by atoms with van der Waals surface area (Å²) in [5.41, 5.74) is -0.0804. The van der Waals surface area contributed by atoms with Crippen LogP contribution in [0.1, 0.15) is 120 Å². The predicted molar refractivity (Wildman–Crippen MR) is 115 cm³/mol. The Morgan fingerprint density at radius 3 is 1.39 bits per heavy atom. The zero-order valence-corrected chi connectivity index (χ0v) is 17.7. The monoisotopic (exact) mass is 392 g/mol. The van der Waals surface area contributed by atoms with Gasteiger partial charge in [-0.25, -0.2) is 0 Å². The molecule has 1 aromatic carbocycles. The van der Waals surface area contributed by atoms with Crippen molar-refractivity contribution in [3.8, 4) is 17.2 Å². The van der Waals surface area contributed by atoms with Crippen LogP contribution in [0.3, 0.4) is 0 Å². The van der Waals surface area contributed by atoms with E-state index < -0.39 is 0 Å². The fourth-order valence-electron chi connectivity index (χ4n) is 3.66. The van der Waals surface area contributed by atoms with Crippen molar-refractivity contribution in [2.75, 3.05) is 0 Å². The first kappa shape index (κ1) is 24.3. The fourth-order valence-corrected chi connectivity index (χ4v) is 3.66. The topological polar surface area (TPSA) is 77.8 Å². The van der Waals surface area contributed by atoms with E-state index in [4.69, 9.17) is 0 Å². The summed E-state index contributed by atoms with van der Waals surface area (Å²) in [6.07, 6.45) is 19.4. The van der Waals surface area contributed by atoms with Crippen molar-refractivity contribution in [2.45, 2.75) is 110 Å². The van der Waals surface area contributed by atoms with Crippen LogP contribution < -0.4 is 0 Å². The summed E-state index contributed by atoms with van der Waals surface area (Å²) in [7, 11) is 0. The molecule has 1 rings (SSSR count). The van der Waals surface area contributed by atoms with Gasteiger partial charge >= 0.3 is 0 Å². The van der Waals surface area contributed by atoms with E-state index in [1.165, 1.54) is 77.0 Å². The molecule has 4 heteroatoms. The van der Waals surface area contributed by atoms with Gasteiger partial charge in [-0.1, -0.05) is 96.8 Å². The quantitative estimate of drug-likeness (QED) is 0.193. The van der Waals surface area contributed by atoms with Gasteiger partial charge in [0.2, 0.25) is 0 Å². The van der Waals surface area contributed by atoms with E-state index in [0.717, 1.165) is 31.4 Å². The number of phenolic OH excluding ortho intramolecular Hbond substituents is 3. The standard InChI is InChI=1S/C24H40O4/c1-2-3-4-5-6-7-8-9-10-11-12-13-14-15-16-17-21(26)24-22(27)18-20(25)19-23(24)28/h18-19,25,27-28H,2-17H2,1H3. The number of Topliss-reactive ketones (excluding diaryl/α,β-unsaturated/α-hetero) is 1. The molecule has 0 aliphatic heterocycles. The van der Waals surface area contributed by atoms with Crippen molar-refractivity contribution >= 4 is 5.78 Å². The highest BCUT2D eigenvalue weighted by Crippen LogP contribution is 2.33. The fraction of sp³-hybridized carbons (Fsp3) is 0.708. The van der Waals surface area contributed by atoms with Gasteiger partial charge in [0.25, 0.3) is 0 Å². The van der Waals surface area contributed by atoms with Crippen molar-refractivity contribution in [1.82, 2.24) is 0 Å². The molecule has 0 amide bonds. The van der Waals surface area contributed by atoms with E-state index in [0.29, 0.717) is 6.42 Å². The van der Waals surface area contributed by atoms with E-state index in [9.17, 15) is 20.1 Å². The molecular formula is C24H40O4. The van der Waals surface area contributed by atoms with Gasteiger partial charge in [0.1, 0.15) is 22.8 Å². The first-order chi connectivity index (χ1) is 13.6. The summed E-state index contributed by atoms with van der Waals surface area (Å²) >= 11 is 0. The average molecular weight is 393 g/mol. The predicted octanol–water partition coefficient (Wildman–Crippen LogP) is 7.25. The van der Waals surface area contributed by atoms with E-state index in [1.54, 1.807) is 0 Å². The summed E-state index contributed by atoms with van der Waals surface area (Å²) in [6, 6.07) is 2.17. The largest absolute Gasteiger partial charge is 0.508 e. The average Bonchev–Trinajstić information content (AvgIpc) is 2.64. The summed E-state index contributed by atoms with van der Waals surface area (Å²) in [4.78, 5) is 12.1. The summed E-state index contributed by atoms with van der Waals surface area (Å²) in [5, 5.41) is 28.7. The Balaban J connectivity index is 1.95. The Labute approximate surface area is 171 Å².